The van der Waals surface area contributed by atoms with Gasteiger partial charge in [0.05, 0.1) is 12.7 Å². The zero-order chi connectivity index (χ0) is 11.7. The van der Waals surface area contributed by atoms with Crippen molar-refractivity contribution < 1.29 is 23.5 Å². The summed E-state index contributed by atoms with van der Waals surface area (Å²) in [6, 6.07) is 0.759. The van der Waals surface area contributed by atoms with E-state index in [1.54, 1.807) is 14.2 Å². The number of aliphatic hydroxyl groups excluding tert-OH is 2. The largest absolute Gasteiger partial charge is 0.500 e. The van der Waals surface area contributed by atoms with Crippen molar-refractivity contribution in [1.82, 2.24) is 0 Å². The average molecular weight is 238 g/mol. The van der Waals surface area contributed by atoms with Crippen LogP contribution in [0.1, 0.15) is 19.8 Å². The molecule has 2 N–H and O–H groups in total. The first-order chi connectivity index (χ1) is 7.14. The second-order valence-corrected chi connectivity index (χ2v) is 6.29. The lowest BCUT2D eigenvalue weighted by Crippen LogP contribution is -2.44. The third kappa shape index (κ3) is 5.60. The summed E-state index contributed by atoms with van der Waals surface area (Å²) in [7, 11) is 0.639. The smallest absolute Gasteiger partial charge is 0.394 e. The van der Waals surface area contributed by atoms with Crippen molar-refractivity contribution in [1.29, 1.82) is 0 Å². The van der Waals surface area contributed by atoms with Crippen LogP contribution in [0.15, 0.2) is 0 Å². The maximum Gasteiger partial charge on any atom is 0.500 e. The summed E-state index contributed by atoms with van der Waals surface area (Å²) >= 11 is 0. The van der Waals surface area contributed by atoms with E-state index in [2.05, 4.69) is 0 Å². The Hall–Kier alpha value is 0.0169. The van der Waals surface area contributed by atoms with E-state index in [4.69, 9.17) is 23.5 Å². The van der Waals surface area contributed by atoms with E-state index in [1.807, 2.05) is 6.92 Å². The van der Waals surface area contributed by atoms with Crippen LogP contribution < -0.4 is 0 Å². The van der Waals surface area contributed by atoms with Crippen LogP contribution >= 0.6 is 0 Å². The number of hydrogen-bond acceptors (Lipinski definition) is 5. The molecule has 0 aromatic rings. The van der Waals surface area contributed by atoms with Gasteiger partial charge in [0.1, 0.15) is 0 Å². The fourth-order valence-electron chi connectivity index (χ4n) is 1.23. The maximum absolute atomic E-state index is 9.13. The highest BCUT2D eigenvalue weighted by Gasteiger charge is 2.37. The number of aliphatic hydroxyl groups is 2. The molecule has 0 aromatic heterocycles. The monoisotopic (exact) mass is 238 g/mol. The van der Waals surface area contributed by atoms with Crippen molar-refractivity contribution in [2.75, 3.05) is 27.4 Å². The van der Waals surface area contributed by atoms with Gasteiger partial charge >= 0.3 is 8.80 Å². The van der Waals surface area contributed by atoms with Gasteiger partial charge in [-0.15, -0.1) is 0 Å². The molecule has 0 fully saturated rings. The Morgan fingerprint density at radius 2 is 1.87 bits per heavy atom. The van der Waals surface area contributed by atoms with E-state index in [9.17, 15) is 0 Å². The summed E-state index contributed by atoms with van der Waals surface area (Å²) in [5.41, 5.74) is 0. The first-order valence-electron chi connectivity index (χ1n) is 5.17. The molecule has 0 amide bonds. The van der Waals surface area contributed by atoms with Gasteiger partial charge in [-0.1, -0.05) is 13.3 Å². The van der Waals surface area contributed by atoms with Crippen molar-refractivity contribution in [2.45, 2.75) is 31.9 Å². The van der Waals surface area contributed by atoms with Crippen molar-refractivity contribution in [3.8, 4) is 0 Å². The predicted octanol–water partition coefficient (Wildman–Crippen LogP) is 0.388. The molecule has 0 bridgehead atoms. The van der Waals surface area contributed by atoms with Gasteiger partial charge in [-0.05, 0) is 6.42 Å². The van der Waals surface area contributed by atoms with Crippen molar-refractivity contribution >= 4 is 8.80 Å². The fourth-order valence-corrected chi connectivity index (χ4v) is 3.22. The standard InChI is InChI=1S/C9H22O5Si/c1-4-7-15(12-2,13-3)14-6-5-9(11)8-10/h9-11H,4-8H2,1-3H3. The molecule has 0 aliphatic rings. The van der Waals surface area contributed by atoms with Gasteiger partial charge in [-0.2, -0.15) is 0 Å². The second-order valence-electron chi connectivity index (χ2n) is 3.31. The average Bonchev–Trinajstić information content (AvgIpc) is 2.27. The summed E-state index contributed by atoms with van der Waals surface area (Å²) < 4.78 is 16.2. The molecular weight excluding hydrogens is 216 g/mol. The lowest BCUT2D eigenvalue weighted by molar-refractivity contribution is 0.0500. The van der Waals surface area contributed by atoms with Gasteiger partial charge in [0.2, 0.25) is 0 Å². The Balaban J connectivity index is 3.94. The van der Waals surface area contributed by atoms with E-state index in [0.717, 1.165) is 12.5 Å². The molecule has 0 radical (unpaired) electrons. The summed E-state index contributed by atoms with van der Waals surface area (Å²) in [5, 5.41) is 17.8. The summed E-state index contributed by atoms with van der Waals surface area (Å²) in [6.07, 6.45) is 0.588. The van der Waals surface area contributed by atoms with Crippen molar-refractivity contribution in [2.24, 2.45) is 0 Å². The molecule has 0 heterocycles. The van der Waals surface area contributed by atoms with Crippen molar-refractivity contribution in [3.63, 3.8) is 0 Å². The second kappa shape index (κ2) is 8.20. The lowest BCUT2D eigenvalue weighted by Gasteiger charge is -2.26. The third-order valence-electron chi connectivity index (χ3n) is 2.16. The highest BCUT2D eigenvalue weighted by atomic mass is 28.4. The van der Waals surface area contributed by atoms with E-state index < -0.39 is 14.9 Å². The van der Waals surface area contributed by atoms with Crippen LogP contribution in [0.25, 0.3) is 0 Å². The predicted molar refractivity (Wildman–Crippen MR) is 58.5 cm³/mol. The Morgan fingerprint density at radius 1 is 1.27 bits per heavy atom. The van der Waals surface area contributed by atoms with E-state index in [-0.39, 0.29) is 6.61 Å². The lowest BCUT2D eigenvalue weighted by atomic mass is 10.3. The highest BCUT2D eigenvalue weighted by Crippen LogP contribution is 2.16. The minimum atomic E-state index is -2.52. The Kier molecular flexibility index (Phi) is 8.21. The molecule has 1 atom stereocenters. The molecule has 0 aliphatic heterocycles. The first kappa shape index (κ1) is 15.0. The van der Waals surface area contributed by atoms with Gasteiger partial charge in [-0.25, -0.2) is 0 Å². The van der Waals surface area contributed by atoms with E-state index >= 15 is 0 Å². The van der Waals surface area contributed by atoms with Gasteiger partial charge in [0, 0.05) is 26.9 Å². The maximum atomic E-state index is 9.13. The quantitative estimate of drug-likeness (QED) is 0.569. The SMILES string of the molecule is CCC[Si](OC)(OC)OCCC(O)CO. The summed E-state index contributed by atoms with van der Waals surface area (Å²) in [4.78, 5) is 0. The van der Waals surface area contributed by atoms with Gasteiger partial charge in [0.15, 0.2) is 0 Å². The number of rotatable bonds is 9. The first-order valence-corrected chi connectivity index (χ1v) is 7.10. The molecule has 92 valence electrons. The van der Waals surface area contributed by atoms with Crippen LogP contribution in [0, 0.1) is 0 Å². The van der Waals surface area contributed by atoms with Crippen LogP contribution in [0.2, 0.25) is 6.04 Å². The Bertz CT molecular complexity index is 151. The van der Waals surface area contributed by atoms with Crippen molar-refractivity contribution in [3.05, 3.63) is 0 Å². The molecule has 5 nitrogen and oxygen atoms in total. The normalized spacial score (nSPS) is 14.2. The van der Waals surface area contributed by atoms with E-state index in [1.165, 1.54) is 0 Å². The molecule has 0 aliphatic carbocycles. The van der Waals surface area contributed by atoms with Crippen LogP contribution in [0.3, 0.4) is 0 Å². The molecule has 6 heteroatoms. The molecule has 0 saturated carbocycles. The number of hydrogen-bond donors (Lipinski definition) is 2. The molecule has 0 rings (SSSR count). The van der Waals surface area contributed by atoms with E-state index in [0.29, 0.717) is 13.0 Å². The molecule has 0 aromatic carbocycles. The van der Waals surface area contributed by atoms with Gasteiger partial charge in [0.25, 0.3) is 0 Å². The van der Waals surface area contributed by atoms with Crippen LogP contribution in [0.5, 0.6) is 0 Å². The third-order valence-corrected chi connectivity index (χ3v) is 5.16. The summed E-state index contributed by atoms with van der Waals surface area (Å²) in [5.74, 6) is 0. The Morgan fingerprint density at radius 3 is 2.27 bits per heavy atom. The Labute approximate surface area is 92.3 Å². The van der Waals surface area contributed by atoms with Crippen LogP contribution in [-0.4, -0.2) is 52.6 Å². The molecule has 1 unspecified atom stereocenters. The summed E-state index contributed by atoms with van der Waals surface area (Å²) in [6.45, 7) is 2.13. The zero-order valence-electron chi connectivity index (χ0n) is 9.73. The van der Waals surface area contributed by atoms with Crippen LogP contribution in [0.4, 0.5) is 0 Å². The minimum Gasteiger partial charge on any atom is -0.394 e. The minimum absolute atomic E-state index is 0.244. The molecule has 15 heavy (non-hydrogen) atoms. The topological polar surface area (TPSA) is 68.2 Å². The van der Waals surface area contributed by atoms with Gasteiger partial charge < -0.3 is 23.5 Å². The van der Waals surface area contributed by atoms with Gasteiger partial charge in [-0.3, -0.25) is 0 Å². The molecule has 0 saturated heterocycles. The molecular formula is C9H22O5Si. The molecule has 0 spiro atoms. The highest BCUT2D eigenvalue weighted by molar-refractivity contribution is 6.60. The zero-order valence-corrected chi connectivity index (χ0v) is 10.7. The fraction of sp³-hybridized carbons (Fsp3) is 1.00. The van der Waals surface area contributed by atoms with Crippen LogP contribution in [-0.2, 0) is 13.3 Å².